The molecular formula is C14H21NO. The summed E-state index contributed by atoms with van der Waals surface area (Å²) in [6.07, 6.45) is 6.33. The molecule has 2 nitrogen and oxygen atoms in total. The van der Waals surface area contributed by atoms with E-state index in [4.69, 9.17) is 10.5 Å². The van der Waals surface area contributed by atoms with Crippen LogP contribution < -0.4 is 10.5 Å². The van der Waals surface area contributed by atoms with Crippen LogP contribution in [0.15, 0.2) is 24.3 Å². The van der Waals surface area contributed by atoms with E-state index in [1.807, 2.05) is 18.2 Å². The molecule has 1 saturated carbocycles. The number of hydrogen-bond donors (Lipinski definition) is 1. The van der Waals surface area contributed by atoms with Gasteiger partial charge in [-0.2, -0.15) is 0 Å². The number of para-hydroxylation sites is 1. The largest absolute Gasteiger partial charge is 0.490 e. The Morgan fingerprint density at radius 2 is 2.00 bits per heavy atom. The highest BCUT2D eigenvalue weighted by Gasteiger charge is 2.18. The van der Waals surface area contributed by atoms with E-state index in [2.05, 4.69) is 13.0 Å². The van der Waals surface area contributed by atoms with Crippen molar-refractivity contribution in [1.29, 1.82) is 0 Å². The van der Waals surface area contributed by atoms with Crippen LogP contribution in [-0.2, 0) is 0 Å². The van der Waals surface area contributed by atoms with Crippen molar-refractivity contribution in [2.45, 2.75) is 51.2 Å². The summed E-state index contributed by atoms with van der Waals surface area (Å²) < 4.78 is 6.05. The Balaban J connectivity index is 2.12. The topological polar surface area (TPSA) is 35.2 Å². The molecule has 0 saturated heterocycles. The molecule has 88 valence electrons. The van der Waals surface area contributed by atoms with Gasteiger partial charge in [-0.05, 0) is 38.2 Å². The van der Waals surface area contributed by atoms with Crippen molar-refractivity contribution in [2.24, 2.45) is 5.73 Å². The van der Waals surface area contributed by atoms with Crippen molar-refractivity contribution in [1.82, 2.24) is 0 Å². The van der Waals surface area contributed by atoms with E-state index in [1.165, 1.54) is 25.7 Å². The summed E-state index contributed by atoms with van der Waals surface area (Å²) in [4.78, 5) is 0. The number of benzene rings is 1. The van der Waals surface area contributed by atoms with Gasteiger partial charge in [0.15, 0.2) is 0 Å². The lowest BCUT2D eigenvalue weighted by Gasteiger charge is -2.19. The van der Waals surface area contributed by atoms with Crippen LogP contribution in [0.5, 0.6) is 5.75 Å². The van der Waals surface area contributed by atoms with Crippen molar-refractivity contribution in [3.05, 3.63) is 29.8 Å². The van der Waals surface area contributed by atoms with Crippen LogP contribution in [0.4, 0.5) is 0 Å². The second kappa shape index (κ2) is 5.35. The predicted octanol–water partition coefficient (Wildman–Crippen LogP) is 3.42. The zero-order chi connectivity index (χ0) is 11.4. The molecule has 0 radical (unpaired) electrons. The first-order valence-corrected chi connectivity index (χ1v) is 6.32. The molecule has 0 heterocycles. The molecule has 1 atom stereocenters. The fraction of sp³-hybridized carbons (Fsp3) is 0.571. The van der Waals surface area contributed by atoms with Gasteiger partial charge in [0, 0.05) is 11.6 Å². The minimum Gasteiger partial charge on any atom is -0.490 e. The van der Waals surface area contributed by atoms with E-state index in [-0.39, 0.29) is 6.04 Å². The third kappa shape index (κ3) is 2.56. The summed E-state index contributed by atoms with van der Waals surface area (Å²) in [5, 5.41) is 0. The minimum absolute atomic E-state index is 0.0950. The first-order valence-electron chi connectivity index (χ1n) is 6.32. The standard InChI is InChI=1S/C14H21NO/c1-2-13(15)12-9-5-6-10-14(12)16-11-7-3-4-8-11/h5-6,9-11,13H,2-4,7-8,15H2,1H3/t13-/m0/s1. The lowest BCUT2D eigenvalue weighted by atomic mass is 10.0. The van der Waals surface area contributed by atoms with E-state index in [9.17, 15) is 0 Å². The van der Waals surface area contributed by atoms with Crippen LogP contribution in [0.1, 0.15) is 50.6 Å². The van der Waals surface area contributed by atoms with Crippen LogP contribution in [0.2, 0.25) is 0 Å². The highest BCUT2D eigenvalue weighted by molar-refractivity contribution is 5.35. The summed E-state index contributed by atoms with van der Waals surface area (Å²) in [5.74, 6) is 0.990. The van der Waals surface area contributed by atoms with Gasteiger partial charge < -0.3 is 10.5 Å². The molecule has 0 aromatic heterocycles. The van der Waals surface area contributed by atoms with Gasteiger partial charge in [-0.1, -0.05) is 25.1 Å². The zero-order valence-corrected chi connectivity index (χ0v) is 9.99. The van der Waals surface area contributed by atoms with Crippen LogP contribution in [0, 0.1) is 0 Å². The van der Waals surface area contributed by atoms with Crippen molar-refractivity contribution in [2.75, 3.05) is 0 Å². The normalized spacial score (nSPS) is 18.6. The molecule has 2 heteroatoms. The SMILES string of the molecule is CC[C@H](N)c1ccccc1OC1CCCC1. The van der Waals surface area contributed by atoms with Crippen molar-refractivity contribution >= 4 is 0 Å². The average Bonchev–Trinajstić information content (AvgIpc) is 2.82. The maximum Gasteiger partial charge on any atom is 0.124 e. The van der Waals surface area contributed by atoms with Crippen molar-refractivity contribution in [3.63, 3.8) is 0 Å². The Morgan fingerprint density at radius 1 is 1.31 bits per heavy atom. The molecule has 1 aromatic rings. The number of hydrogen-bond acceptors (Lipinski definition) is 2. The third-order valence-electron chi connectivity index (χ3n) is 3.35. The average molecular weight is 219 g/mol. The number of ether oxygens (including phenoxy) is 1. The number of nitrogens with two attached hydrogens (primary N) is 1. The van der Waals surface area contributed by atoms with Gasteiger partial charge in [0.2, 0.25) is 0 Å². The molecule has 1 aliphatic rings. The summed E-state index contributed by atoms with van der Waals surface area (Å²) in [6.45, 7) is 2.11. The van der Waals surface area contributed by atoms with E-state index < -0.39 is 0 Å². The summed E-state index contributed by atoms with van der Waals surface area (Å²) in [5.41, 5.74) is 7.24. The first kappa shape index (κ1) is 11.5. The lowest BCUT2D eigenvalue weighted by molar-refractivity contribution is 0.207. The quantitative estimate of drug-likeness (QED) is 0.842. The second-order valence-corrected chi connectivity index (χ2v) is 4.58. The number of rotatable bonds is 4. The Kier molecular flexibility index (Phi) is 3.83. The van der Waals surface area contributed by atoms with E-state index in [0.29, 0.717) is 6.10 Å². The monoisotopic (exact) mass is 219 g/mol. The highest BCUT2D eigenvalue weighted by Crippen LogP contribution is 2.29. The maximum atomic E-state index is 6.09. The molecule has 1 aliphatic carbocycles. The van der Waals surface area contributed by atoms with Crippen LogP contribution >= 0.6 is 0 Å². The van der Waals surface area contributed by atoms with Crippen molar-refractivity contribution in [3.8, 4) is 5.75 Å². The predicted molar refractivity (Wildman–Crippen MR) is 66.5 cm³/mol. The van der Waals surface area contributed by atoms with E-state index in [1.54, 1.807) is 0 Å². The molecule has 0 unspecified atom stereocenters. The fourth-order valence-corrected chi connectivity index (χ4v) is 2.30. The molecule has 16 heavy (non-hydrogen) atoms. The fourth-order valence-electron chi connectivity index (χ4n) is 2.30. The Labute approximate surface area is 97.8 Å². The Hall–Kier alpha value is -1.02. The van der Waals surface area contributed by atoms with Gasteiger partial charge >= 0.3 is 0 Å². The molecule has 0 spiro atoms. The second-order valence-electron chi connectivity index (χ2n) is 4.58. The van der Waals surface area contributed by atoms with Gasteiger partial charge in [-0.25, -0.2) is 0 Å². The zero-order valence-electron chi connectivity index (χ0n) is 9.99. The molecular weight excluding hydrogens is 198 g/mol. The third-order valence-corrected chi connectivity index (χ3v) is 3.35. The minimum atomic E-state index is 0.0950. The van der Waals surface area contributed by atoms with Crippen molar-refractivity contribution < 1.29 is 4.74 Å². The molecule has 2 N–H and O–H groups in total. The molecule has 0 amide bonds. The van der Waals surface area contributed by atoms with Crippen LogP contribution in [0.3, 0.4) is 0 Å². The van der Waals surface area contributed by atoms with E-state index >= 15 is 0 Å². The van der Waals surface area contributed by atoms with Crippen LogP contribution in [-0.4, -0.2) is 6.10 Å². The highest BCUT2D eigenvalue weighted by atomic mass is 16.5. The molecule has 0 bridgehead atoms. The van der Waals surface area contributed by atoms with Gasteiger partial charge in [-0.3, -0.25) is 0 Å². The van der Waals surface area contributed by atoms with Gasteiger partial charge in [-0.15, -0.1) is 0 Å². The molecule has 0 aliphatic heterocycles. The van der Waals surface area contributed by atoms with Gasteiger partial charge in [0.05, 0.1) is 6.10 Å². The van der Waals surface area contributed by atoms with Gasteiger partial charge in [0.1, 0.15) is 5.75 Å². The first-order chi connectivity index (χ1) is 7.81. The maximum absolute atomic E-state index is 6.09. The molecule has 1 aromatic carbocycles. The summed E-state index contributed by atoms with van der Waals surface area (Å²) in [7, 11) is 0. The Morgan fingerprint density at radius 3 is 2.69 bits per heavy atom. The Bertz CT molecular complexity index is 331. The summed E-state index contributed by atoms with van der Waals surface area (Å²) in [6, 6.07) is 8.28. The smallest absolute Gasteiger partial charge is 0.124 e. The van der Waals surface area contributed by atoms with E-state index in [0.717, 1.165) is 17.7 Å². The molecule has 2 rings (SSSR count). The molecule has 1 fully saturated rings. The van der Waals surface area contributed by atoms with Crippen LogP contribution in [0.25, 0.3) is 0 Å². The van der Waals surface area contributed by atoms with Gasteiger partial charge in [0.25, 0.3) is 0 Å². The summed E-state index contributed by atoms with van der Waals surface area (Å²) >= 11 is 0. The lowest BCUT2D eigenvalue weighted by Crippen LogP contribution is -2.15.